The predicted molar refractivity (Wildman–Crippen MR) is 81.0 cm³/mol. The molecule has 0 bridgehead atoms. The van der Waals surface area contributed by atoms with Crippen LogP contribution >= 0.6 is 0 Å². The molecule has 3 aromatic rings. The summed E-state index contributed by atoms with van der Waals surface area (Å²) in [7, 11) is 0. The van der Waals surface area contributed by atoms with Crippen molar-refractivity contribution in [3.05, 3.63) is 66.0 Å². The maximum absolute atomic E-state index is 13.2. The number of fused-ring (bicyclic) bond motifs is 1. The summed E-state index contributed by atoms with van der Waals surface area (Å²) in [5.41, 5.74) is 1.48. The number of halogens is 1. The van der Waals surface area contributed by atoms with Crippen LogP contribution in [-0.4, -0.2) is 10.2 Å². The topological polar surface area (TPSA) is 52.5 Å². The first-order valence-corrected chi connectivity index (χ1v) is 6.56. The number of benzene rings is 3. The second-order valence-electron chi connectivity index (χ2n) is 4.85. The molecule has 3 aromatic carbocycles. The summed E-state index contributed by atoms with van der Waals surface area (Å²) in [6, 6.07) is 14.8. The number of aromatic hydroxyl groups is 2. The fourth-order valence-electron chi connectivity index (χ4n) is 2.38. The van der Waals surface area contributed by atoms with Gasteiger partial charge in [-0.2, -0.15) is 0 Å². The first-order chi connectivity index (χ1) is 10.1. The molecule has 21 heavy (non-hydrogen) atoms. The summed E-state index contributed by atoms with van der Waals surface area (Å²) < 4.78 is 13.2. The largest absolute Gasteiger partial charge is 0.508 e. The maximum Gasteiger partial charge on any atom is 0.127 e. The van der Waals surface area contributed by atoms with E-state index in [1.165, 1.54) is 12.1 Å². The van der Waals surface area contributed by atoms with Gasteiger partial charge >= 0.3 is 0 Å². The van der Waals surface area contributed by atoms with Gasteiger partial charge in [0.1, 0.15) is 17.3 Å². The quantitative estimate of drug-likeness (QED) is 0.681. The smallest absolute Gasteiger partial charge is 0.127 e. The van der Waals surface area contributed by atoms with Gasteiger partial charge in [0.2, 0.25) is 0 Å². The molecule has 0 aliphatic carbocycles. The molecule has 0 saturated heterocycles. The average molecular weight is 283 g/mol. The first kappa shape index (κ1) is 13.2. The van der Waals surface area contributed by atoms with Gasteiger partial charge in [0.15, 0.2) is 0 Å². The standard InChI is InChI=1S/C17H14FNO2/c18-12-7-11(8-13(20)9-12)10-19-16-5-1-4-15-14(16)3-2-6-17(15)21/h1-9,19-21H,10H2. The molecular weight excluding hydrogens is 269 g/mol. The zero-order valence-electron chi connectivity index (χ0n) is 11.2. The van der Waals surface area contributed by atoms with Gasteiger partial charge in [0.05, 0.1) is 0 Å². The predicted octanol–water partition coefficient (Wildman–Crippen LogP) is 4.00. The van der Waals surface area contributed by atoms with Crippen LogP contribution in [0.5, 0.6) is 11.5 Å². The summed E-state index contributed by atoms with van der Waals surface area (Å²) in [5.74, 6) is -0.343. The fourth-order valence-corrected chi connectivity index (χ4v) is 2.38. The number of nitrogens with one attached hydrogen (secondary N) is 1. The number of phenols is 2. The minimum Gasteiger partial charge on any atom is -0.508 e. The molecule has 0 aromatic heterocycles. The van der Waals surface area contributed by atoms with E-state index in [1.807, 2.05) is 24.3 Å². The summed E-state index contributed by atoms with van der Waals surface area (Å²) in [5, 5.41) is 24.1. The van der Waals surface area contributed by atoms with Crippen molar-refractivity contribution in [1.29, 1.82) is 0 Å². The summed E-state index contributed by atoms with van der Waals surface area (Å²) >= 11 is 0. The Kier molecular flexibility index (Phi) is 3.36. The van der Waals surface area contributed by atoms with Gasteiger partial charge in [-0.3, -0.25) is 0 Å². The highest BCUT2D eigenvalue weighted by Gasteiger charge is 2.05. The van der Waals surface area contributed by atoms with Crippen LogP contribution in [0.15, 0.2) is 54.6 Å². The number of rotatable bonds is 3. The Hall–Kier alpha value is -2.75. The maximum atomic E-state index is 13.2. The molecule has 0 unspecified atom stereocenters. The van der Waals surface area contributed by atoms with E-state index in [1.54, 1.807) is 12.1 Å². The van der Waals surface area contributed by atoms with Crippen molar-refractivity contribution in [1.82, 2.24) is 0 Å². The number of hydrogen-bond donors (Lipinski definition) is 3. The lowest BCUT2D eigenvalue weighted by atomic mass is 10.1. The molecule has 3 N–H and O–H groups in total. The summed E-state index contributed by atoms with van der Waals surface area (Å²) in [6.45, 7) is 0.375. The van der Waals surface area contributed by atoms with E-state index in [4.69, 9.17) is 0 Å². The Morgan fingerprint density at radius 3 is 2.48 bits per heavy atom. The minimum absolute atomic E-state index is 0.0950. The molecule has 3 rings (SSSR count). The lowest BCUT2D eigenvalue weighted by Crippen LogP contribution is -2.00. The van der Waals surface area contributed by atoms with Crippen molar-refractivity contribution < 1.29 is 14.6 Å². The van der Waals surface area contributed by atoms with Gasteiger partial charge in [0, 0.05) is 29.1 Å². The van der Waals surface area contributed by atoms with Crippen LogP contribution in [0.4, 0.5) is 10.1 Å². The van der Waals surface area contributed by atoms with Crippen molar-refractivity contribution in [3.8, 4) is 11.5 Å². The van der Waals surface area contributed by atoms with Crippen molar-refractivity contribution in [2.24, 2.45) is 0 Å². The van der Waals surface area contributed by atoms with Gasteiger partial charge in [-0.25, -0.2) is 4.39 Å². The molecule has 0 saturated carbocycles. The molecular formula is C17H14FNO2. The Morgan fingerprint density at radius 1 is 0.905 bits per heavy atom. The molecule has 0 aliphatic rings. The van der Waals surface area contributed by atoms with E-state index in [9.17, 15) is 14.6 Å². The van der Waals surface area contributed by atoms with Crippen LogP contribution in [-0.2, 0) is 6.54 Å². The molecule has 0 spiro atoms. The number of phenolic OH excluding ortho intramolecular Hbond substituents is 2. The second kappa shape index (κ2) is 5.32. The van der Waals surface area contributed by atoms with E-state index < -0.39 is 5.82 Å². The lowest BCUT2D eigenvalue weighted by molar-refractivity contribution is 0.468. The monoisotopic (exact) mass is 283 g/mol. The van der Waals surface area contributed by atoms with Crippen LogP contribution in [0.3, 0.4) is 0 Å². The summed E-state index contributed by atoms with van der Waals surface area (Å²) in [4.78, 5) is 0. The molecule has 3 nitrogen and oxygen atoms in total. The first-order valence-electron chi connectivity index (χ1n) is 6.56. The highest BCUT2D eigenvalue weighted by molar-refractivity contribution is 5.97. The highest BCUT2D eigenvalue weighted by Crippen LogP contribution is 2.30. The van der Waals surface area contributed by atoms with Crippen LogP contribution in [0, 0.1) is 5.82 Å². The summed E-state index contributed by atoms with van der Waals surface area (Å²) in [6.07, 6.45) is 0. The second-order valence-corrected chi connectivity index (χ2v) is 4.85. The van der Waals surface area contributed by atoms with E-state index in [0.717, 1.165) is 22.5 Å². The van der Waals surface area contributed by atoms with Crippen molar-refractivity contribution in [2.75, 3.05) is 5.32 Å². The van der Waals surface area contributed by atoms with Gasteiger partial charge in [-0.15, -0.1) is 0 Å². The Labute approximate surface area is 121 Å². The van der Waals surface area contributed by atoms with Crippen LogP contribution in [0.25, 0.3) is 10.8 Å². The van der Waals surface area contributed by atoms with Crippen LogP contribution in [0.1, 0.15) is 5.56 Å². The van der Waals surface area contributed by atoms with Crippen LogP contribution < -0.4 is 5.32 Å². The molecule has 0 atom stereocenters. The number of hydrogen-bond acceptors (Lipinski definition) is 3. The van der Waals surface area contributed by atoms with Gasteiger partial charge < -0.3 is 15.5 Å². The normalized spacial score (nSPS) is 10.7. The fraction of sp³-hybridized carbons (Fsp3) is 0.0588. The van der Waals surface area contributed by atoms with Crippen LogP contribution in [0.2, 0.25) is 0 Å². The van der Waals surface area contributed by atoms with Gasteiger partial charge in [-0.1, -0.05) is 24.3 Å². The molecule has 0 radical (unpaired) electrons. The lowest BCUT2D eigenvalue weighted by Gasteiger charge is -2.11. The number of anilines is 1. The third-order valence-corrected chi connectivity index (χ3v) is 3.32. The minimum atomic E-state index is -0.470. The average Bonchev–Trinajstić information content (AvgIpc) is 2.45. The molecule has 0 fully saturated rings. The van der Waals surface area contributed by atoms with Gasteiger partial charge in [0.25, 0.3) is 0 Å². The SMILES string of the molecule is Oc1cc(F)cc(CNc2cccc3c(O)cccc23)c1. The highest BCUT2D eigenvalue weighted by atomic mass is 19.1. The van der Waals surface area contributed by atoms with Gasteiger partial charge in [-0.05, 0) is 29.8 Å². The molecule has 0 aliphatic heterocycles. The zero-order chi connectivity index (χ0) is 14.8. The third-order valence-electron chi connectivity index (χ3n) is 3.32. The third kappa shape index (κ3) is 2.74. The Balaban J connectivity index is 1.90. The zero-order valence-corrected chi connectivity index (χ0v) is 11.2. The molecule has 106 valence electrons. The van der Waals surface area contributed by atoms with Crippen molar-refractivity contribution >= 4 is 16.5 Å². The van der Waals surface area contributed by atoms with E-state index >= 15 is 0 Å². The Bertz CT molecular complexity index is 782. The molecule has 0 amide bonds. The molecule has 4 heteroatoms. The molecule has 0 heterocycles. The van der Waals surface area contributed by atoms with Crippen molar-refractivity contribution in [3.63, 3.8) is 0 Å². The Morgan fingerprint density at radius 2 is 1.67 bits per heavy atom. The van der Waals surface area contributed by atoms with Crippen molar-refractivity contribution in [2.45, 2.75) is 6.54 Å². The van der Waals surface area contributed by atoms with E-state index in [2.05, 4.69) is 5.32 Å². The van der Waals surface area contributed by atoms with E-state index in [-0.39, 0.29) is 11.5 Å². The van der Waals surface area contributed by atoms with E-state index in [0.29, 0.717) is 12.1 Å².